The number of hydrogen-bond donors (Lipinski definition) is 2. The number of alkyl halides is 3. The molecule has 0 bridgehead atoms. The van der Waals surface area contributed by atoms with Gasteiger partial charge in [-0.3, -0.25) is 10.2 Å². The molecule has 0 atom stereocenters. The highest BCUT2D eigenvalue weighted by Gasteiger charge is 2.31. The second-order valence-electron chi connectivity index (χ2n) is 5.20. The van der Waals surface area contributed by atoms with Crippen LogP contribution in [0.15, 0.2) is 42.5 Å². The first-order valence-corrected chi connectivity index (χ1v) is 8.25. The van der Waals surface area contributed by atoms with E-state index in [-0.39, 0.29) is 22.1 Å². The number of aromatic nitrogens is 1. The second-order valence-corrected chi connectivity index (χ2v) is 6.64. The van der Waals surface area contributed by atoms with E-state index in [9.17, 15) is 18.0 Å². The van der Waals surface area contributed by atoms with Crippen LogP contribution in [0.5, 0.6) is 0 Å². The molecule has 1 aromatic heterocycles. The minimum atomic E-state index is -4.53. The van der Waals surface area contributed by atoms with E-state index in [0.717, 1.165) is 22.9 Å². The van der Waals surface area contributed by atoms with Gasteiger partial charge in [-0.1, -0.05) is 35.1 Å². The van der Waals surface area contributed by atoms with Crippen molar-refractivity contribution in [3.05, 3.63) is 57.9 Å². The van der Waals surface area contributed by atoms with Crippen molar-refractivity contribution >= 4 is 44.7 Å². The quantitative estimate of drug-likeness (QED) is 0.685. The first-order chi connectivity index (χ1) is 11.8. The molecule has 3 aromatic rings. The van der Waals surface area contributed by atoms with E-state index in [1.54, 1.807) is 12.1 Å². The molecule has 3 rings (SSSR count). The molecular weight excluding hydrogens is 375 g/mol. The molecule has 1 heterocycles. The van der Waals surface area contributed by atoms with Crippen LogP contribution in [-0.2, 0) is 17.5 Å². The number of carbonyl (C=O) groups excluding carboxylic acids is 1. The summed E-state index contributed by atoms with van der Waals surface area (Å²) in [6.45, 7) is -0.199. The minimum Gasteiger partial charge on any atom is -0.323 e. The maximum Gasteiger partial charge on any atom is 0.416 e. The third kappa shape index (κ3) is 3.69. The van der Waals surface area contributed by atoms with Crippen LogP contribution in [0.3, 0.4) is 0 Å². The van der Waals surface area contributed by atoms with Gasteiger partial charge in [-0.05, 0) is 30.3 Å². The van der Waals surface area contributed by atoms with E-state index in [2.05, 4.69) is 5.32 Å². The van der Waals surface area contributed by atoms with Gasteiger partial charge in [-0.15, -0.1) is 0 Å². The zero-order valence-corrected chi connectivity index (χ0v) is 14.1. The van der Waals surface area contributed by atoms with E-state index < -0.39 is 17.6 Å². The molecule has 2 aromatic carbocycles. The average molecular weight is 386 g/mol. The van der Waals surface area contributed by atoms with Gasteiger partial charge in [0.15, 0.2) is 4.80 Å². The molecule has 25 heavy (non-hydrogen) atoms. The van der Waals surface area contributed by atoms with Gasteiger partial charge in [0, 0.05) is 0 Å². The molecule has 0 saturated carbocycles. The van der Waals surface area contributed by atoms with Gasteiger partial charge in [0.25, 0.3) is 0 Å². The summed E-state index contributed by atoms with van der Waals surface area (Å²) in [4.78, 5) is 12.4. The molecule has 1 amide bonds. The van der Waals surface area contributed by atoms with Crippen LogP contribution in [0.1, 0.15) is 5.56 Å². The topological polar surface area (TPSA) is 57.9 Å². The Morgan fingerprint density at radius 3 is 2.68 bits per heavy atom. The standard InChI is InChI=1S/C16H11ClF3N3OS/c17-10-6-5-9(16(18,19)20)7-11(10)22-14(24)8-23-12-3-1-2-4-13(12)25-15(23)21/h1-7,21H,8H2,(H,22,24). The first kappa shape index (κ1) is 17.5. The van der Waals surface area contributed by atoms with Crippen LogP contribution >= 0.6 is 22.9 Å². The van der Waals surface area contributed by atoms with Crippen LogP contribution in [0, 0.1) is 5.41 Å². The summed E-state index contributed by atoms with van der Waals surface area (Å²) < 4.78 is 40.7. The van der Waals surface area contributed by atoms with E-state index >= 15 is 0 Å². The lowest BCUT2D eigenvalue weighted by Gasteiger charge is -2.12. The van der Waals surface area contributed by atoms with Gasteiger partial charge < -0.3 is 9.88 Å². The van der Waals surface area contributed by atoms with Gasteiger partial charge in [-0.2, -0.15) is 13.2 Å². The van der Waals surface area contributed by atoms with Gasteiger partial charge in [0.2, 0.25) is 5.91 Å². The number of nitrogens with one attached hydrogen (secondary N) is 2. The Bertz CT molecular complexity index is 1010. The third-order valence-electron chi connectivity index (χ3n) is 3.48. The lowest BCUT2D eigenvalue weighted by Crippen LogP contribution is -2.24. The molecule has 0 saturated heterocycles. The number of para-hydroxylation sites is 1. The number of rotatable bonds is 3. The summed E-state index contributed by atoms with van der Waals surface area (Å²) in [6.07, 6.45) is -4.53. The lowest BCUT2D eigenvalue weighted by atomic mass is 10.2. The van der Waals surface area contributed by atoms with Crippen LogP contribution in [0.2, 0.25) is 5.02 Å². The molecule has 0 spiro atoms. The largest absolute Gasteiger partial charge is 0.416 e. The van der Waals surface area contributed by atoms with Crippen molar-refractivity contribution in [3.8, 4) is 0 Å². The molecule has 130 valence electrons. The molecular formula is C16H11ClF3N3OS. The summed E-state index contributed by atoms with van der Waals surface area (Å²) in [5, 5.41) is 10.3. The summed E-state index contributed by atoms with van der Waals surface area (Å²) in [7, 11) is 0. The molecule has 9 heteroatoms. The molecule has 0 radical (unpaired) electrons. The van der Waals surface area contributed by atoms with Crippen molar-refractivity contribution < 1.29 is 18.0 Å². The fourth-order valence-corrected chi connectivity index (χ4v) is 3.40. The number of fused-ring (bicyclic) bond motifs is 1. The van der Waals surface area contributed by atoms with Crippen molar-refractivity contribution in [2.45, 2.75) is 12.7 Å². The number of anilines is 1. The SMILES string of the molecule is N=c1sc2ccccc2n1CC(=O)Nc1cc(C(F)(F)F)ccc1Cl. The number of hydrogen-bond acceptors (Lipinski definition) is 3. The van der Waals surface area contributed by atoms with Crippen molar-refractivity contribution in [2.75, 3.05) is 5.32 Å². The molecule has 0 fully saturated rings. The van der Waals surface area contributed by atoms with Crippen molar-refractivity contribution in [3.63, 3.8) is 0 Å². The van der Waals surface area contributed by atoms with Crippen LogP contribution in [0.4, 0.5) is 18.9 Å². The van der Waals surface area contributed by atoms with Crippen molar-refractivity contribution in [1.82, 2.24) is 4.57 Å². The zero-order valence-electron chi connectivity index (χ0n) is 12.5. The minimum absolute atomic E-state index is 0.00706. The van der Waals surface area contributed by atoms with Gasteiger partial charge >= 0.3 is 6.18 Å². The third-order valence-corrected chi connectivity index (χ3v) is 4.79. The van der Waals surface area contributed by atoms with Gasteiger partial charge in [-0.25, -0.2) is 0 Å². The molecule has 2 N–H and O–H groups in total. The molecule has 0 unspecified atom stereocenters. The Kier molecular flexibility index (Phi) is 4.57. The first-order valence-electron chi connectivity index (χ1n) is 7.05. The highest BCUT2D eigenvalue weighted by molar-refractivity contribution is 7.16. The van der Waals surface area contributed by atoms with Crippen LogP contribution < -0.4 is 10.1 Å². The normalized spacial score (nSPS) is 11.7. The summed E-state index contributed by atoms with van der Waals surface area (Å²) in [5.74, 6) is -0.566. The fourth-order valence-electron chi connectivity index (χ4n) is 2.32. The lowest BCUT2D eigenvalue weighted by molar-refractivity contribution is -0.137. The number of benzene rings is 2. The van der Waals surface area contributed by atoms with Crippen LogP contribution in [0.25, 0.3) is 10.2 Å². The number of halogens is 4. The predicted octanol–water partition coefficient (Wildman–Crippen LogP) is 4.49. The maximum atomic E-state index is 12.8. The fraction of sp³-hybridized carbons (Fsp3) is 0.125. The average Bonchev–Trinajstić information content (AvgIpc) is 2.84. The Labute approximate surface area is 149 Å². The van der Waals surface area contributed by atoms with E-state index in [1.165, 1.54) is 15.9 Å². The van der Waals surface area contributed by atoms with Gasteiger partial charge in [0.05, 0.1) is 26.5 Å². The number of carbonyl (C=O) groups is 1. The monoisotopic (exact) mass is 385 g/mol. The van der Waals surface area contributed by atoms with E-state index in [1.807, 2.05) is 12.1 Å². The smallest absolute Gasteiger partial charge is 0.323 e. The second kappa shape index (κ2) is 6.53. The molecule has 4 nitrogen and oxygen atoms in total. The Balaban J connectivity index is 1.86. The zero-order chi connectivity index (χ0) is 18.2. The van der Waals surface area contributed by atoms with Crippen molar-refractivity contribution in [1.29, 1.82) is 5.41 Å². The van der Waals surface area contributed by atoms with E-state index in [0.29, 0.717) is 5.52 Å². The highest BCUT2D eigenvalue weighted by atomic mass is 35.5. The highest BCUT2D eigenvalue weighted by Crippen LogP contribution is 2.33. The Morgan fingerprint density at radius 1 is 1.24 bits per heavy atom. The number of nitrogens with zero attached hydrogens (tertiary/aromatic N) is 1. The van der Waals surface area contributed by atoms with Crippen LogP contribution in [-0.4, -0.2) is 10.5 Å². The summed E-state index contributed by atoms with van der Waals surface area (Å²) in [5.41, 5.74) is -0.307. The molecule has 0 aliphatic carbocycles. The summed E-state index contributed by atoms with van der Waals surface area (Å²) in [6, 6.07) is 9.94. The maximum absolute atomic E-state index is 12.8. The summed E-state index contributed by atoms with van der Waals surface area (Å²) >= 11 is 7.09. The van der Waals surface area contributed by atoms with E-state index in [4.69, 9.17) is 17.0 Å². The Morgan fingerprint density at radius 2 is 1.96 bits per heavy atom. The number of thiazole rings is 1. The Hall–Kier alpha value is -2.32. The molecule has 0 aliphatic rings. The van der Waals surface area contributed by atoms with Crippen molar-refractivity contribution in [2.24, 2.45) is 0 Å². The van der Waals surface area contributed by atoms with Gasteiger partial charge in [0.1, 0.15) is 6.54 Å². The number of amides is 1. The predicted molar refractivity (Wildman–Crippen MR) is 90.8 cm³/mol. The molecule has 0 aliphatic heterocycles.